The highest BCUT2D eigenvalue weighted by atomic mass is 127. The molecule has 0 unspecified atom stereocenters. The number of rotatable bonds is 0. The number of aromatic nitrogens is 8. The minimum atomic E-state index is -0.166. The molecule has 0 saturated carbocycles. The molecule has 4 aromatic rings. The predicted molar refractivity (Wildman–Crippen MR) is 89.4 cm³/mol. The average molecular weight is 426 g/mol. The van der Waals surface area contributed by atoms with E-state index in [-0.39, 0.29) is 11.1 Å². The average Bonchev–Trinajstić information content (AvgIpc) is 3.03. The van der Waals surface area contributed by atoms with Crippen LogP contribution in [0.15, 0.2) is 28.4 Å². The molecular formula is C12H11IN8O2. The van der Waals surface area contributed by atoms with Crippen molar-refractivity contribution in [2.24, 2.45) is 0 Å². The molecule has 11 heteroatoms. The Morgan fingerprint density at radius 2 is 1.65 bits per heavy atom. The van der Waals surface area contributed by atoms with E-state index in [1.807, 2.05) is 29.5 Å². The summed E-state index contributed by atoms with van der Waals surface area (Å²) in [5.74, 6) is 1.44. The summed E-state index contributed by atoms with van der Waals surface area (Å²) in [6.45, 7) is 3.60. The van der Waals surface area contributed by atoms with E-state index in [1.165, 1.54) is 27.9 Å². The lowest BCUT2D eigenvalue weighted by molar-refractivity contribution is 0.842. The molecule has 23 heavy (non-hydrogen) atoms. The van der Waals surface area contributed by atoms with Crippen LogP contribution in [0.4, 0.5) is 0 Å². The van der Waals surface area contributed by atoms with E-state index in [1.54, 1.807) is 6.92 Å². The first kappa shape index (κ1) is 15.3. The molecule has 0 saturated heterocycles. The van der Waals surface area contributed by atoms with Crippen molar-refractivity contribution in [3.05, 3.63) is 54.9 Å². The number of nitrogens with zero attached hydrogens (tertiary/aromatic N) is 6. The van der Waals surface area contributed by atoms with Crippen molar-refractivity contribution in [3.63, 3.8) is 0 Å². The molecule has 2 N–H and O–H groups in total. The largest absolute Gasteiger partial charge is 0.310 e. The number of nitrogens with one attached hydrogen (secondary N) is 2. The Labute approximate surface area is 141 Å². The van der Waals surface area contributed by atoms with Crippen LogP contribution in [0.1, 0.15) is 11.6 Å². The number of H-pyrrole nitrogens is 2. The molecule has 0 fully saturated rings. The third-order valence-corrected chi connectivity index (χ3v) is 3.82. The topological polar surface area (TPSA) is 126 Å². The zero-order valence-corrected chi connectivity index (χ0v) is 14.3. The molecular weight excluding hydrogens is 415 g/mol. The Balaban J connectivity index is 0.000000136. The van der Waals surface area contributed by atoms with E-state index in [0.29, 0.717) is 20.6 Å². The van der Waals surface area contributed by atoms with Gasteiger partial charge in [0.05, 0.1) is 6.20 Å². The van der Waals surface area contributed by atoms with E-state index in [4.69, 9.17) is 0 Å². The van der Waals surface area contributed by atoms with Gasteiger partial charge in [-0.1, -0.05) is 0 Å². The van der Waals surface area contributed by atoms with Crippen LogP contribution in [0.3, 0.4) is 0 Å². The van der Waals surface area contributed by atoms with Crippen LogP contribution in [0.5, 0.6) is 0 Å². The second-order valence-corrected chi connectivity index (χ2v) is 5.57. The van der Waals surface area contributed by atoms with Crippen LogP contribution in [0, 0.1) is 17.5 Å². The molecule has 4 aromatic heterocycles. The van der Waals surface area contributed by atoms with Gasteiger partial charge in [0.25, 0.3) is 11.1 Å². The van der Waals surface area contributed by atoms with Crippen LogP contribution < -0.4 is 11.1 Å². The van der Waals surface area contributed by atoms with Gasteiger partial charge in [0.2, 0.25) is 0 Å². The summed E-state index contributed by atoms with van der Waals surface area (Å²) in [5, 5.41) is 7.86. The van der Waals surface area contributed by atoms with Crippen LogP contribution in [-0.4, -0.2) is 39.2 Å². The summed E-state index contributed by atoms with van der Waals surface area (Å²) in [5.41, 5.74) is 0.663. The van der Waals surface area contributed by atoms with Gasteiger partial charge in [0.1, 0.15) is 28.0 Å². The summed E-state index contributed by atoms with van der Waals surface area (Å²) in [6.07, 6.45) is 4.21. The SMILES string of the molecule is Cc1nc(I)c2c(=O)[nH]cnn12.Cc1ncc2c(=O)[nH]cnn12. The highest BCUT2D eigenvalue weighted by Gasteiger charge is 2.08. The van der Waals surface area contributed by atoms with Crippen molar-refractivity contribution in [1.29, 1.82) is 0 Å². The van der Waals surface area contributed by atoms with Crippen molar-refractivity contribution >= 4 is 33.6 Å². The fourth-order valence-electron chi connectivity index (χ4n) is 1.99. The first-order chi connectivity index (χ1) is 11.0. The number of hydrogen-bond acceptors (Lipinski definition) is 6. The van der Waals surface area contributed by atoms with Crippen LogP contribution >= 0.6 is 22.6 Å². The maximum atomic E-state index is 11.3. The Morgan fingerprint density at radius 1 is 1.00 bits per heavy atom. The molecule has 0 aromatic carbocycles. The summed E-state index contributed by atoms with van der Waals surface area (Å²) >= 11 is 2.01. The zero-order valence-electron chi connectivity index (χ0n) is 12.1. The molecule has 4 rings (SSSR count). The fourth-order valence-corrected chi connectivity index (χ4v) is 2.82. The Hall–Kier alpha value is -2.57. The standard InChI is InChI=1S/C6H5IN4O.C6H6N4O/c1-3-10-5(7)4-6(12)8-2-9-11(3)4;1-4-7-2-5-6(11)8-3-9-10(4)5/h2H,1H3,(H,8,9,12);2-3H,1H3,(H,8,9,11). The molecule has 0 atom stereocenters. The lowest BCUT2D eigenvalue weighted by Crippen LogP contribution is -2.11. The number of aromatic amines is 2. The molecule has 4 heterocycles. The maximum absolute atomic E-state index is 11.3. The summed E-state index contributed by atoms with van der Waals surface area (Å²) in [4.78, 5) is 35.3. The van der Waals surface area contributed by atoms with Crippen LogP contribution in [0.25, 0.3) is 11.0 Å². The maximum Gasteiger partial charge on any atom is 0.277 e. The normalized spacial score (nSPS) is 10.7. The summed E-state index contributed by atoms with van der Waals surface area (Å²) in [7, 11) is 0. The van der Waals surface area contributed by atoms with Crippen molar-refractivity contribution in [1.82, 2.24) is 39.2 Å². The van der Waals surface area contributed by atoms with Gasteiger partial charge in [-0.05, 0) is 36.4 Å². The van der Waals surface area contributed by atoms with E-state index < -0.39 is 0 Å². The molecule has 0 radical (unpaired) electrons. The second-order valence-electron chi connectivity index (χ2n) is 4.55. The Bertz CT molecular complexity index is 1110. The monoisotopic (exact) mass is 426 g/mol. The van der Waals surface area contributed by atoms with Crippen LogP contribution in [0.2, 0.25) is 0 Å². The molecule has 0 amide bonds. The third kappa shape index (κ3) is 2.74. The van der Waals surface area contributed by atoms with Gasteiger partial charge in [-0.25, -0.2) is 19.0 Å². The molecule has 0 aliphatic rings. The predicted octanol–water partition coefficient (Wildman–Crippen LogP) is 0.0566. The highest BCUT2D eigenvalue weighted by molar-refractivity contribution is 14.1. The molecule has 0 aliphatic carbocycles. The molecule has 0 spiro atoms. The minimum absolute atomic E-state index is 0.157. The molecule has 118 valence electrons. The van der Waals surface area contributed by atoms with Gasteiger partial charge in [0.15, 0.2) is 11.0 Å². The molecule has 0 bridgehead atoms. The number of aryl methyl sites for hydroxylation is 2. The smallest absolute Gasteiger partial charge is 0.277 e. The highest BCUT2D eigenvalue weighted by Crippen LogP contribution is 2.08. The molecule has 10 nitrogen and oxygen atoms in total. The number of halogens is 1. The Morgan fingerprint density at radius 3 is 2.30 bits per heavy atom. The van der Waals surface area contributed by atoms with Crippen LogP contribution in [-0.2, 0) is 0 Å². The van der Waals surface area contributed by atoms with Gasteiger partial charge < -0.3 is 9.97 Å². The quantitative estimate of drug-likeness (QED) is 0.383. The minimum Gasteiger partial charge on any atom is -0.310 e. The van der Waals surface area contributed by atoms with Gasteiger partial charge in [-0.3, -0.25) is 9.59 Å². The van der Waals surface area contributed by atoms with Crippen molar-refractivity contribution in [3.8, 4) is 0 Å². The number of fused-ring (bicyclic) bond motifs is 2. The van der Waals surface area contributed by atoms with Crippen molar-refractivity contribution < 1.29 is 0 Å². The van der Waals surface area contributed by atoms with E-state index in [0.717, 1.165) is 5.82 Å². The van der Waals surface area contributed by atoms with E-state index in [2.05, 4.69) is 30.1 Å². The van der Waals surface area contributed by atoms with Gasteiger partial charge in [-0.15, -0.1) is 0 Å². The summed E-state index contributed by atoms with van der Waals surface area (Å²) < 4.78 is 3.71. The lowest BCUT2D eigenvalue weighted by Gasteiger charge is -1.90. The third-order valence-electron chi connectivity index (χ3n) is 3.07. The Kier molecular flexibility index (Phi) is 3.94. The number of imidazole rings is 2. The van der Waals surface area contributed by atoms with Gasteiger partial charge >= 0.3 is 0 Å². The second kappa shape index (κ2) is 5.91. The van der Waals surface area contributed by atoms with Gasteiger partial charge in [-0.2, -0.15) is 10.2 Å². The molecule has 0 aliphatic heterocycles. The lowest BCUT2D eigenvalue weighted by atomic mass is 10.6. The summed E-state index contributed by atoms with van der Waals surface area (Å²) in [6, 6.07) is 0. The first-order valence-corrected chi connectivity index (χ1v) is 7.53. The van der Waals surface area contributed by atoms with E-state index in [9.17, 15) is 9.59 Å². The number of hydrogen-bond donors (Lipinski definition) is 2. The fraction of sp³-hybridized carbons (Fsp3) is 0.167. The van der Waals surface area contributed by atoms with E-state index >= 15 is 0 Å². The van der Waals surface area contributed by atoms with Crippen molar-refractivity contribution in [2.75, 3.05) is 0 Å². The zero-order chi connectivity index (χ0) is 16.6. The van der Waals surface area contributed by atoms with Gasteiger partial charge in [0, 0.05) is 0 Å². The first-order valence-electron chi connectivity index (χ1n) is 6.45. The van der Waals surface area contributed by atoms with Crippen molar-refractivity contribution in [2.45, 2.75) is 13.8 Å².